The second-order valence-corrected chi connectivity index (χ2v) is 4.18. The molecular formula is C10H8ClF4N5O. The van der Waals surface area contributed by atoms with Crippen molar-refractivity contribution in [3.05, 3.63) is 24.0 Å². The smallest absolute Gasteiger partial charge is 0.419 e. The predicted molar refractivity (Wildman–Crippen MR) is 63.0 cm³/mol. The van der Waals surface area contributed by atoms with E-state index < -0.39 is 25.4 Å². The summed E-state index contributed by atoms with van der Waals surface area (Å²) in [5.41, 5.74) is 0. The third-order valence-electron chi connectivity index (χ3n) is 2.34. The van der Waals surface area contributed by atoms with Crippen molar-refractivity contribution in [1.29, 1.82) is 0 Å². The Morgan fingerprint density at radius 3 is 2.67 bits per heavy atom. The van der Waals surface area contributed by atoms with Gasteiger partial charge < -0.3 is 4.74 Å². The minimum atomic E-state index is -4.91. The Morgan fingerprint density at radius 2 is 2.05 bits per heavy atom. The summed E-state index contributed by atoms with van der Waals surface area (Å²) in [7, 11) is 0. The van der Waals surface area contributed by atoms with Crippen LogP contribution in [0.4, 0.5) is 17.6 Å². The van der Waals surface area contributed by atoms with Crippen LogP contribution < -0.4 is 4.74 Å². The van der Waals surface area contributed by atoms with Crippen LogP contribution >= 0.6 is 11.6 Å². The molecule has 2 rings (SSSR count). The van der Waals surface area contributed by atoms with Gasteiger partial charge in [-0.1, -0.05) is 11.6 Å². The zero-order valence-electron chi connectivity index (χ0n) is 10.3. The molecule has 2 aromatic rings. The molecule has 1 atom stereocenters. The van der Waals surface area contributed by atoms with E-state index in [1.807, 2.05) is 0 Å². The van der Waals surface area contributed by atoms with Gasteiger partial charge in [-0.15, -0.1) is 0 Å². The minimum Gasteiger partial charge on any atom is -0.476 e. The first-order valence-corrected chi connectivity index (χ1v) is 5.96. The molecule has 0 amide bonds. The second-order valence-electron chi connectivity index (χ2n) is 3.80. The van der Waals surface area contributed by atoms with E-state index in [-0.39, 0.29) is 16.7 Å². The van der Waals surface area contributed by atoms with Crippen LogP contribution in [-0.4, -0.2) is 43.7 Å². The molecule has 0 aliphatic heterocycles. The number of alkyl halides is 4. The van der Waals surface area contributed by atoms with Crippen molar-refractivity contribution in [1.82, 2.24) is 24.7 Å². The van der Waals surface area contributed by atoms with Gasteiger partial charge in [-0.3, -0.25) is 0 Å². The Kier molecular flexibility index (Phi) is 4.56. The Labute approximate surface area is 120 Å². The molecule has 0 aliphatic carbocycles. The summed E-state index contributed by atoms with van der Waals surface area (Å²) in [4.78, 5) is 11.2. The van der Waals surface area contributed by atoms with E-state index in [0.29, 0.717) is 0 Å². The summed E-state index contributed by atoms with van der Waals surface area (Å²) < 4.78 is 54.9. The molecule has 6 nitrogen and oxygen atoms in total. The maximum absolute atomic E-state index is 12.7. The molecule has 0 spiro atoms. The highest BCUT2D eigenvalue weighted by molar-refractivity contribution is 6.33. The van der Waals surface area contributed by atoms with Crippen molar-refractivity contribution >= 4 is 11.6 Å². The molecule has 21 heavy (non-hydrogen) atoms. The van der Waals surface area contributed by atoms with Gasteiger partial charge in [0.05, 0.1) is 6.61 Å². The van der Waals surface area contributed by atoms with Gasteiger partial charge in [0.15, 0.2) is 12.0 Å². The molecule has 0 saturated carbocycles. The van der Waals surface area contributed by atoms with E-state index in [1.54, 1.807) is 0 Å². The Bertz CT molecular complexity index is 592. The van der Waals surface area contributed by atoms with E-state index in [4.69, 9.17) is 16.3 Å². The van der Waals surface area contributed by atoms with Gasteiger partial charge in [-0.25, -0.2) is 24.0 Å². The van der Waals surface area contributed by atoms with Crippen molar-refractivity contribution in [2.75, 3.05) is 6.61 Å². The maximum atomic E-state index is 12.7. The highest BCUT2D eigenvalue weighted by atomic mass is 35.5. The summed E-state index contributed by atoms with van der Waals surface area (Å²) in [6.45, 7) is -0.534. The molecule has 11 heteroatoms. The Balaban J connectivity index is 2.03. The van der Waals surface area contributed by atoms with Gasteiger partial charge in [-0.2, -0.15) is 18.3 Å². The first-order chi connectivity index (χ1) is 9.89. The lowest BCUT2D eigenvalue weighted by molar-refractivity contribution is -0.183. The number of rotatable bonds is 5. The number of nitrogens with zero attached hydrogens (tertiary/aromatic N) is 5. The fourth-order valence-electron chi connectivity index (χ4n) is 1.35. The molecule has 0 saturated heterocycles. The second kappa shape index (κ2) is 6.20. The zero-order chi connectivity index (χ0) is 15.5. The van der Waals surface area contributed by atoms with E-state index >= 15 is 0 Å². The number of hydrogen-bond donors (Lipinski definition) is 0. The van der Waals surface area contributed by atoms with Gasteiger partial charge >= 0.3 is 6.18 Å². The van der Waals surface area contributed by atoms with Crippen molar-refractivity contribution in [3.8, 4) is 11.7 Å². The minimum absolute atomic E-state index is 0.0644. The standard InChI is InChI=1S/C10H8ClF4N5O/c11-7-8(20-5-16-3-19-20)17-4-18-9(7)21-2-1-6(12)10(13,14)15/h3-6H,1-2H2. The van der Waals surface area contributed by atoms with Crippen LogP contribution in [0, 0.1) is 0 Å². The number of halogens is 5. The van der Waals surface area contributed by atoms with Crippen LogP contribution in [0.15, 0.2) is 19.0 Å². The van der Waals surface area contributed by atoms with Crippen LogP contribution in [0.25, 0.3) is 5.82 Å². The first-order valence-electron chi connectivity index (χ1n) is 5.58. The third kappa shape index (κ3) is 3.78. The molecule has 0 fully saturated rings. The largest absolute Gasteiger partial charge is 0.476 e. The van der Waals surface area contributed by atoms with Gasteiger partial charge in [0.25, 0.3) is 0 Å². The number of aromatic nitrogens is 5. The lowest BCUT2D eigenvalue weighted by atomic mass is 10.3. The average Bonchev–Trinajstić information content (AvgIpc) is 2.93. The summed E-state index contributed by atoms with van der Waals surface area (Å²) in [5.74, 6) is -0.0154. The van der Waals surface area contributed by atoms with E-state index in [2.05, 4.69) is 20.1 Å². The SMILES string of the molecule is FC(CCOc1ncnc(-n2cncn2)c1Cl)C(F)(F)F. The highest BCUT2D eigenvalue weighted by Gasteiger charge is 2.39. The summed E-state index contributed by atoms with van der Waals surface area (Å²) in [6.07, 6.45) is -5.08. The van der Waals surface area contributed by atoms with Crippen LogP contribution in [0.2, 0.25) is 5.02 Å². The average molecular weight is 326 g/mol. The summed E-state index contributed by atoms with van der Waals surface area (Å²) in [5, 5.41) is 3.73. The van der Waals surface area contributed by atoms with E-state index in [0.717, 1.165) is 6.33 Å². The predicted octanol–water partition coefficient (Wildman–Crippen LogP) is 2.38. The molecule has 2 aromatic heterocycles. The van der Waals surface area contributed by atoms with Crippen LogP contribution in [0.1, 0.15) is 6.42 Å². The van der Waals surface area contributed by atoms with Crippen LogP contribution in [-0.2, 0) is 0 Å². The summed E-state index contributed by atoms with van der Waals surface area (Å²) >= 11 is 5.95. The lowest BCUT2D eigenvalue weighted by Crippen LogP contribution is -2.26. The Morgan fingerprint density at radius 1 is 1.29 bits per heavy atom. The van der Waals surface area contributed by atoms with Crippen molar-refractivity contribution in [2.24, 2.45) is 0 Å². The molecule has 0 radical (unpaired) electrons. The van der Waals surface area contributed by atoms with Crippen molar-refractivity contribution in [3.63, 3.8) is 0 Å². The Hall–Kier alpha value is -1.97. The molecule has 1 unspecified atom stereocenters. The first kappa shape index (κ1) is 15.4. The summed E-state index contributed by atoms with van der Waals surface area (Å²) in [6, 6.07) is 0. The van der Waals surface area contributed by atoms with Crippen LogP contribution in [0.3, 0.4) is 0 Å². The maximum Gasteiger partial charge on any atom is 0.419 e. The fraction of sp³-hybridized carbons (Fsp3) is 0.400. The normalized spacial score (nSPS) is 13.2. The molecule has 2 heterocycles. The van der Waals surface area contributed by atoms with Gasteiger partial charge in [0.2, 0.25) is 5.88 Å². The highest BCUT2D eigenvalue weighted by Crippen LogP contribution is 2.28. The van der Waals surface area contributed by atoms with Crippen molar-refractivity contribution in [2.45, 2.75) is 18.8 Å². The zero-order valence-corrected chi connectivity index (χ0v) is 11.0. The van der Waals surface area contributed by atoms with Crippen molar-refractivity contribution < 1.29 is 22.3 Å². The van der Waals surface area contributed by atoms with E-state index in [1.165, 1.54) is 17.3 Å². The number of ether oxygens (including phenoxy) is 1. The number of hydrogen-bond acceptors (Lipinski definition) is 5. The molecular weight excluding hydrogens is 318 g/mol. The van der Waals surface area contributed by atoms with Gasteiger partial charge in [0, 0.05) is 6.42 Å². The quantitative estimate of drug-likeness (QED) is 0.790. The lowest BCUT2D eigenvalue weighted by Gasteiger charge is -2.13. The third-order valence-corrected chi connectivity index (χ3v) is 2.67. The van der Waals surface area contributed by atoms with Crippen LogP contribution in [0.5, 0.6) is 5.88 Å². The van der Waals surface area contributed by atoms with E-state index in [9.17, 15) is 17.6 Å². The molecule has 114 valence electrons. The van der Waals surface area contributed by atoms with Gasteiger partial charge in [-0.05, 0) is 0 Å². The monoisotopic (exact) mass is 325 g/mol. The topological polar surface area (TPSA) is 65.7 Å². The molecule has 0 bridgehead atoms. The van der Waals surface area contributed by atoms with Gasteiger partial charge in [0.1, 0.15) is 24.0 Å². The molecule has 0 aromatic carbocycles. The molecule has 0 aliphatic rings. The molecule has 0 N–H and O–H groups in total. The fourth-order valence-corrected chi connectivity index (χ4v) is 1.58.